The molecule has 0 atom stereocenters. The summed E-state index contributed by atoms with van der Waals surface area (Å²) in [7, 11) is 1.67. The molecule has 2 aromatic rings. The lowest BCUT2D eigenvalue weighted by molar-refractivity contribution is -0.384. The van der Waals surface area contributed by atoms with Crippen LogP contribution in [0.4, 0.5) is 11.4 Å². The first-order chi connectivity index (χ1) is 16.9. The maximum atomic E-state index is 13.2. The van der Waals surface area contributed by atoms with E-state index in [2.05, 4.69) is 34.2 Å². The first kappa shape index (κ1) is 25.0. The Morgan fingerprint density at radius 2 is 1.74 bits per heavy atom. The molecule has 8 nitrogen and oxygen atoms in total. The average Bonchev–Trinajstić information content (AvgIpc) is 2.88. The summed E-state index contributed by atoms with van der Waals surface area (Å²) in [5.41, 5.74) is 2.43. The number of benzene rings is 2. The van der Waals surface area contributed by atoms with E-state index in [9.17, 15) is 14.9 Å². The quantitative estimate of drug-likeness (QED) is 0.443. The molecule has 2 aliphatic heterocycles. The highest BCUT2D eigenvalue weighted by Crippen LogP contribution is 2.29. The number of hydrogen-bond donors (Lipinski definition) is 1. The van der Waals surface area contributed by atoms with Crippen molar-refractivity contribution in [2.75, 3.05) is 44.7 Å². The predicted molar refractivity (Wildman–Crippen MR) is 137 cm³/mol. The number of carbonyl (C=O) groups is 1. The minimum absolute atomic E-state index is 0.0453. The zero-order chi connectivity index (χ0) is 24.8. The van der Waals surface area contributed by atoms with E-state index in [0.717, 1.165) is 69.8 Å². The smallest absolute Gasteiger partial charge is 0.270 e. The molecular formula is C27H36N4O4. The standard InChI is InChI=1S/C27H36N4O4/c1-20-9-15-30(16-10-20)26-8-5-23(31(33)34)17-25(26)27(32)28-18-21-11-13-29(14-12-21)19-22-3-6-24(35-2)7-4-22/h3-8,17,20-21H,9-16,18-19H2,1-2H3,(H,28,32). The summed E-state index contributed by atoms with van der Waals surface area (Å²) in [6.45, 7) is 7.45. The summed E-state index contributed by atoms with van der Waals surface area (Å²) in [5, 5.41) is 14.4. The molecule has 8 heteroatoms. The maximum absolute atomic E-state index is 13.2. The van der Waals surface area contributed by atoms with E-state index in [-0.39, 0.29) is 11.6 Å². The number of non-ortho nitro benzene ring substituents is 1. The number of likely N-dealkylation sites (tertiary alicyclic amines) is 1. The van der Waals surface area contributed by atoms with Crippen LogP contribution in [0.25, 0.3) is 0 Å². The van der Waals surface area contributed by atoms with Crippen molar-refractivity contribution < 1.29 is 14.5 Å². The second-order valence-electron chi connectivity index (χ2n) is 9.91. The number of carbonyl (C=O) groups excluding carboxylic acids is 1. The topological polar surface area (TPSA) is 87.9 Å². The number of anilines is 1. The van der Waals surface area contributed by atoms with Crippen LogP contribution in [0.5, 0.6) is 5.75 Å². The molecule has 2 saturated heterocycles. The molecule has 2 aromatic carbocycles. The molecule has 2 aliphatic rings. The molecular weight excluding hydrogens is 444 g/mol. The molecule has 0 unspecified atom stereocenters. The Morgan fingerprint density at radius 3 is 2.37 bits per heavy atom. The van der Waals surface area contributed by atoms with Crippen molar-refractivity contribution in [1.82, 2.24) is 10.2 Å². The van der Waals surface area contributed by atoms with Crippen molar-refractivity contribution in [3.63, 3.8) is 0 Å². The monoisotopic (exact) mass is 480 g/mol. The summed E-state index contributed by atoms with van der Waals surface area (Å²) >= 11 is 0. The highest BCUT2D eigenvalue weighted by molar-refractivity contribution is 6.00. The summed E-state index contributed by atoms with van der Waals surface area (Å²) in [4.78, 5) is 28.7. The Kier molecular flexibility index (Phi) is 8.23. The molecule has 4 rings (SSSR count). The van der Waals surface area contributed by atoms with Crippen LogP contribution in [0, 0.1) is 22.0 Å². The minimum atomic E-state index is -0.433. The fourth-order valence-electron chi connectivity index (χ4n) is 5.01. The number of nitrogens with zero attached hydrogens (tertiary/aromatic N) is 3. The molecule has 0 saturated carbocycles. The molecule has 2 fully saturated rings. The SMILES string of the molecule is COc1ccc(CN2CCC(CNC(=O)c3cc([N+](=O)[O-])ccc3N3CCC(C)CC3)CC2)cc1. The Balaban J connectivity index is 1.32. The van der Waals surface area contributed by atoms with Gasteiger partial charge in [-0.15, -0.1) is 0 Å². The average molecular weight is 481 g/mol. The lowest BCUT2D eigenvalue weighted by atomic mass is 9.96. The van der Waals surface area contributed by atoms with Gasteiger partial charge in [-0.1, -0.05) is 19.1 Å². The van der Waals surface area contributed by atoms with Crippen LogP contribution < -0.4 is 15.0 Å². The molecule has 2 heterocycles. The van der Waals surface area contributed by atoms with Crippen molar-refractivity contribution in [3.05, 3.63) is 63.7 Å². The van der Waals surface area contributed by atoms with Gasteiger partial charge in [0, 0.05) is 38.3 Å². The highest BCUT2D eigenvalue weighted by atomic mass is 16.6. The number of rotatable bonds is 8. The highest BCUT2D eigenvalue weighted by Gasteiger charge is 2.25. The predicted octanol–water partition coefficient (Wildman–Crippen LogP) is 4.48. The number of nitro groups is 1. The molecule has 0 radical (unpaired) electrons. The first-order valence-electron chi connectivity index (χ1n) is 12.6. The van der Waals surface area contributed by atoms with Crippen molar-refractivity contribution in [2.45, 2.75) is 39.2 Å². The Morgan fingerprint density at radius 1 is 1.06 bits per heavy atom. The Hall–Kier alpha value is -3.13. The van der Waals surface area contributed by atoms with E-state index in [4.69, 9.17) is 4.74 Å². The van der Waals surface area contributed by atoms with Crippen LogP contribution >= 0.6 is 0 Å². The second-order valence-corrected chi connectivity index (χ2v) is 9.91. The van der Waals surface area contributed by atoms with Crippen molar-refractivity contribution in [2.24, 2.45) is 11.8 Å². The Labute approximate surface area is 207 Å². The van der Waals surface area contributed by atoms with Crippen molar-refractivity contribution in [3.8, 4) is 5.75 Å². The normalized spacial score (nSPS) is 17.8. The van der Waals surface area contributed by atoms with Crippen LogP contribution in [0.15, 0.2) is 42.5 Å². The molecule has 0 spiro atoms. The van der Waals surface area contributed by atoms with Gasteiger partial charge in [0.15, 0.2) is 0 Å². The van der Waals surface area contributed by atoms with E-state index < -0.39 is 4.92 Å². The van der Waals surface area contributed by atoms with E-state index in [1.54, 1.807) is 13.2 Å². The number of hydrogen-bond acceptors (Lipinski definition) is 6. The van der Waals surface area contributed by atoms with Crippen LogP contribution in [-0.4, -0.2) is 55.6 Å². The zero-order valence-corrected chi connectivity index (χ0v) is 20.7. The van der Waals surface area contributed by atoms with Gasteiger partial charge in [0.05, 0.1) is 23.3 Å². The number of nitro benzene ring substituents is 1. The first-order valence-corrected chi connectivity index (χ1v) is 12.6. The largest absolute Gasteiger partial charge is 0.497 e. The van der Waals surface area contributed by atoms with Gasteiger partial charge in [-0.3, -0.25) is 19.8 Å². The van der Waals surface area contributed by atoms with Crippen molar-refractivity contribution in [1.29, 1.82) is 0 Å². The molecule has 0 aliphatic carbocycles. The number of nitrogens with one attached hydrogen (secondary N) is 1. The summed E-state index contributed by atoms with van der Waals surface area (Å²) < 4.78 is 5.23. The van der Waals surface area contributed by atoms with Crippen LogP contribution in [0.1, 0.15) is 48.5 Å². The van der Waals surface area contributed by atoms with E-state index in [0.29, 0.717) is 23.9 Å². The molecule has 0 bridgehead atoms. The van der Waals surface area contributed by atoms with Gasteiger partial charge in [0.1, 0.15) is 5.75 Å². The maximum Gasteiger partial charge on any atom is 0.270 e. The van der Waals surface area contributed by atoms with Gasteiger partial charge in [-0.25, -0.2) is 0 Å². The van der Waals surface area contributed by atoms with Crippen LogP contribution in [-0.2, 0) is 6.54 Å². The third kappa shape index (κ3) is 6.51. The second kappa shape index (κ2) is 11.5. The lowest BCUT2D eigenvalue weighted by Crippen LogP contribution is -2.39. The lowest BCUT2D eigenvalue weighted by Gasteiger charge is -2.33. The van der Waals surface area contributed by atoms with Gasteiger partial charge in [-0.2, -0.15) is 0 Å². The fraction of sp³-hybridized carbons (Fsp3) is 0.519. The van der Waals surface area contributed by atoms with Crippen LogP contribution in [0.3, 0.4) is 0 Å². The summed E-state index contributed by atoms with van der Waals surface area (Å²) in [6.07, 6.45) is 4.16. The third-order valence-electron chi connectivity index (χ3n) is 7.38. The van der Waals surface area contributed by atoms with E-state index in [1.807, 2.05) is 12.1 Å². The molecule has 35 heavy (non-hydrogen) atoms. The van der Waals surface area contributed by atoms with Gasteiger partial charge in [0.25, 0.3) is 11.6 Å². The van der Waals surface area contributed by atoms with E-state index >= 15 is 0 Å². The van der Waals surface area contributed by atoms with Gasteiger partial charge in [0.2, 0.25) is 0 Å². The molecule has 188 valence electrons. The van der Waals surface area contributed by atoms with Crippen LogP contribution in [0.2, 0.25) is 0 Å². The zero-order valence-electron chi connectivity index (χ0n) is 20.7. The molecule has 1 amide bonds. The summed E-state index contributed by atoms with van der Waals surface area (Å²) in [5.74, 6) is 1.72. The summed E-state index contributed by atoms with van der Waals surface area (Å²) in [6, 6.07) is 12.9. The van der Waals surface area contributed by atoms with Gasteiger partial charge in [-0.05, 0) is 74.4 Å². The van der Waals surface area contributed by atoms with Crippen molar-refractivity contribution >= 4 is 17.3 Å². The minimum Gasteiger partial charge on any atom is -0.497 e. The molecule has 1 N–H and O–H groups in total. The number of methoxy groups -OCH3 is 1. The van der Waals surface area contributed by atoms with Gasteiger partial charge < -0.3 is 15.0 Å². The number of ether oxygens (including phenoxy) is 1. The van der Waals surface area contributed by atoms with E-state index in [1.165, 1.54) is 17.7 Å². The molecule has 0 aromatic heterocycles. The fourth-order valence-corrected chi connectivity index (χ4v) is 5.01. The van der Waals surface area contributed by atoms with Gasteiger partial charge >= 0.3 is 0 Å². The number of piperidine rings is 2. The third-order valence-corrected chi connectivity index (χ3v) is 7.38. The number of amides is 1. The Bertz CT molecular complexity index is 1010.